The summed E-state index contributed by atoms with van der Waals surface area (Å²) in [5.74, 6) is -1.53. The van der Waals surface area contributed by atoms with E-state index in [2.05, 4.69) is 0 Å². The molecule has 1 aromatic carbocycles. The largest absolute Gasteiger partial charge is 0.478 e. The van der Waals surface area contributed by atoms with E-state index in [9.17, 15) is 19.8 Å². The minimum absolute atomic E-state index is 0.00218. The molecular formula is C15H12O5. The van der Waals surface area contributed by atoms with Crippen LogP contribution in [-0.4, -0.2) is 28.6 Å². The second kappa shape index (κ2) is 4.05. The lowest BCUT2D eigenvalue weighted by Gasteiger charge is -2.33. The fourth-order valence-corrected chi connectivity index (χ4v) is 2.81. The molecule has 1 aliphatic carbocycles. The average Bonchev–Trinajstić information content (AvgIpc) is 2.91. The Hall–Kier alpha value is -2.40. The monoisotopic (exact) mass is 272 g/mol. The number of aliphatic hydroxyl groups excluding tert-OH is 1. The summed E-state index contributed by atoms with van der Waals surface area (Å²) < 4.78 is 5.17. The molecule has 2 N–H and O–H groups in total. The lowest BCUT2D eigenvalue weighted by atomic mass is 9.69. The van der Waals surface area contributed by atoms with Crippen molar-refractivity contribution in [2.24, 2.45) is 0 Å². The zero-order chi connectivity index (χ0) is 14.5. The van der Waals surface area contributed by atoms with Crippen molar-refractivity contribution >= 4 is 11.8 Å². The van der Waals surface area contributed by atoms with Gasteiger partial charge in [-0.3, -0.25) is 4.79 Å². The van der Waals surface area contributed by atoms with Gasteiger partial charge in [-0.2, -0.15) is 0 Å². The molecule has 0 saturated heterocycles. The number of hydrogen-bond donors (Lipinski definition) is 2. The number of furan rings is 1. The van der Waals surface area contributed by atoms with Gasteiger partial charge in [0.2, 0.25) is 5.78 Å². The molecule has 1 aliphatic rings. The Morgan fingerprint density at radius 3 is 2.70 bits per heavy atom. The maximum atomic E-state index is 12.4. The van der Waals surface area contributed by atoms with Crippen LogP contribution in [0.15, 0.2) is 34.9 Å². The van der Waals surface area contributed by atoms with Crippen molar-refractivity contribution in [3.05, 3.63) is 58.5 Å². The molecule has 0 radical (unpaired) electrons. The van der Waals surface area contributed by atoms with Crippen molar-refractivity contribution < 1.29 is 24.2 Å². The van der Waals surface area contributed by atoms with Crippen molar-refractivity contribution in [3.63, 3.8) is 0 Å². The first-order chi connectivity index (χ1) is 9.50. The van der Waals surface area contributed by atoms with E-state index in [1.807, 2.05) is 0 Å². The number of carboxylic acids is 1. The van der Waals surface area contributed by atoms with Crippen LogP contribution in [0.25, 0.3) is 0 Å². The van der Waals surface area contributed by atoms with Gasteiger partial charge in [0.25, 0.3) is 0 Å². The Labute approximate surface area is 114 Å². The summed E-state index contributed by atoms with van der Waals surface area (Å²) in [6.45, 7) is 1.39. The van der Waals surface area contributed by atoms with E-state index in [-0.39, 0.29) is 29.3 Å². The van der Waals surface area contributed by atoms with Gasteiger partial charge < -0.3 is 14.6 Å². The van der Waals surface area contributed by atoms with Crippen LogP contribution in [0.3, 0.4) is 0 Å². The normalized spacial score (nSPS) is 20.4. The Bertz CT molecular complexity index is 728. The zero-order valence-corrected chi connectivity index (χ0v) is 10.7. The van der Waals surface area contributed by atoms with Crippen LogP contribution in [0.1, 0.15) is 44.5 Å². The number of aromatic carboxylic acids is 1. The first-order valence-electron chi connectivity index (χ1n) is 6.11. The van der Waals surface area contributed by atoms with Crippen LogP contribution in [0.5, 0.6) is 0 Å². The van der Waals surface area contributed by atoms with Gasteiger partial charge in [0, 0.05) is 16.5 Å². The van der Waals surface area contributed by atoms with E-state index >= 15 is 0 Å². The van der Waals surface area contributed by atoms with Gasteiger partial charge in [-0.25, -0.2) is 4.79 Å². The number of carbonyl (C=O) groups excluding carboxylic acids is 1. The summed E-state index contributed by atoms with van der Waals surface area (Å²) in [5, 5.41) is 19.0. The number of carboxylic acid groups (broad SMARTS) is 1. The van der Waals surface area contributed by atoms with Crippen LogP contribution in [-0.2, 0) is 5.41 Å². The molecule has 20 heavy (non-hydrogen) atoms. The van der Waals surface area contributed by atoms with Gasteiger partial charge >= 0.3 is 5.97 Å². The molecule has 0 bridgehead atoms. The summed E-state index contributed by atoms with van der Waals surface area (Å²) >= 11 is 0. The summed E-state index contributed by atoms with van der Waals surface area (Å²) in [6.07, 6.45) is 1.06. The molecule has 0 aliphatic heterocycles. The maximum Gasteiger partial charge on any atom is 0.339 e. The van der Waals surface area contributed by atoms with Crippen molar-refractivity contribution in [2.75, 3.05) is 6.61 Å². The molecule has 0 saturated carbocycles. The number of benzene rings is 1. The molecule has 0 fully saturated rings. The van der Waals surface area contributed by atoms with Crippen LogP contribution >= 0.6 is 0 Å². The standard InChI is InChI=1S/C15H12O5/c1-15(7-16)10-5-3-2-4-8(10)12(17)13-11(15)9(6-20-13)14(18)19/h2-6,16H,7H2,1H3,(H,18,19)/t15-/m1/s1. The van der Waals surface area contributed by atoms with Gasteiger partial charge in [-0.1, -0.05) is 24.3 Å². The molecule has 102 valence electrons. The summed E-state index contributed by atoms with van der Waals surface area (Å²) in [5.41, 5.74) is 0.239. The average molecular weight is 272 g/mol. The van der Waals surface area contributed by atoms with E-state index in [4.69, 9.17) is 4.42 Å². The van der Waals surface area contributed by atoms with Gasteiger partial charge in [-0.05, 0) is 12.5 Å². The van der Waals surface area contributed by atoms with Crippen LogP contribution in [0.4, 0.5) is 0 Å². The predicted molar refractivity (Wildman–Crippen MR) is 69.1 cm³/mol. The molecule has 1 atom stereocenters. The van der Waals surface area contributed by atoms with Crippen molar-refractivity contribution in [1.29, 1.82) is 0 Å². The van der Waals surface area contributed by atoms with Crippen LogP contribution in [0, 0.1) is 0 Å². The molecule has 1 aromatic heterocycles. The SMILES string of the molecule is C[C@@]1(CO)c2ccccc2C(=O)c2occ(C(=O)O)c21. The van der Waals surface area contributed by atoms with Crippen LogP contribution < -0.4 is 0 Å². The minimum atomic E-state index is -1.18. The Kier molecular flexibility index (Phi) is 2.55. The molecule has 1 heterocycles. The van der Waals surface area contributed by atoms with Crippen molar-refractivity contribution in [1.82, 2.24) is 0 Å². The highest BCUT2D eigenvalue weighted by molar-refractivity contribution is 6.13. The van der Waals surface area contributed by atoms with Gasteiger partial charge in [0.05, 0.1) is 6.61 Å². The highest BCUT2D eigenvalue weighted by Gasteiger charge is 2.45. The van der Waals surface area contributed by atoms with E-state index in [0.717, 1.165) is 6.26 Å². The zero-order valence-electron chi connectivity index (χ0n) is 10.7. The quantitative estimate of drug-likeness (QED) is 0.870. The first-order valence-corrected chi connectivity index (χ1v) is 6.11. The molecule has 0 unspecified atom stereocenters. The van der Waals surface area contributed by atoms with E-state index in [1.54, 1.807) is 31.2 Å². The number of carbonyl (C=O) groups is 2. The third-order valence-electron chi connectivity index (χ3n) is 3.86. The summed E-state index contributed by atoms with van der Waals surface area (Å²) in [4.78, 5) is 23.7. The Morgan fingerprint density at radius 1 is 1.35 bits per heavy atom. The lowest BCUT2D eigenvalue weighted by Crippen LogP contribution is -2.36. The summed E-state index contributed by atoms with van der Waals surface area (Å²) in [7, 11) is 0. The molecule has 5 heteroatoms. The highest BCUT2D eigenvalue weighted by atomic mass is 16.4. The Morgan fingerprint density at radius 2 is 2.05 bits per heavy atom. The van der Waals surface area contributed by atoms with Gasteiger partial charge in [0.15, 0.2) is 5.76 Å². The fourth-order valence-electron chi connectivity index (χ4n) is 2.81. The smallest absolute Gasteiger partial charge is 0.339 e. The van der Waals surface area contributed by atoms with Crippen molar-refractivity contribution in [2.45, 2.75) is 12.3 Å². The third-order valence-corrected chi connectivity index (χ3v) is 3.86. The number of rotatable bonds is 2. The fraction of sp³-hybridized carbons (Fsp3) is 0.200. The van der Waals surface area contributed by atoms with E-state index in [0.29, 0.717) is 11.1 Å². The second-order valence-electron chi connectivity index (χ2n) is 5.02. The molecule has 3 rings (SSSR count). The maximum absolute atomic E-state index is 12.4. The van der Waals surface area contributed by atoms with Gasteiger partial charge in [0.1, 0.15) is 11.8 Å². The van der Waals surface area contributed by atoms with E-state index < -0.39 is 11.4 Å². The van der Waals surface area contributed by atoms with Crippen molar-refractivity contribution in [3.8, 4) is 0 Å². The number of ketones is 1. The Balaban J connectivity index is 2.39. The second-order valence-corrected chi connectivity index (χ2v) is 5.02. The number of fused-ring (bicyclic) bond motifs is 2. The van der Waals surface area contributed by atoms with E-state index in [1.165, 1.54) is 0 Å². The topological polar surface area (TPSA) is 87.7 Å². The lowest BCUT2D eigenvalue weighted by molar-refractivity contribution is 0.0693. The minimum Gasteiger partial charge on any atom is -0.478 e. The number of aliphatic hydroxyl groups is 1. The number of hydrogen-bond acceptors (Lipinski definition) is 4. The predicted octanol–water partition coefficient (Wildman–Crippen LogP) is 1.82. The molecule has 0 amide bonds. The van der Waals surface area contributed by atoms with Gasteiger partial charge in [-0.15, -0.1) is 0 Å². The molecule has 2 aromatic rings. The summed E-state index contributed by atoms with van der Waals surface area (Å²) in [6, 6.07) is 6.86. The van der Waals surface area contributed by atoms with Crippen LogP contribution in [0.2, 0.25) is 0 Å². The highest BCUT2D eigenvalue weighted by Crippen LogP contribution is 2.43. The molecule has 5 nitrogen and oxygen atoms in total. The first kappa shape index (κ1) is 12.6. The molecule has 0 spiro atoms. The third kappa shape index (κ3) is 1.41. The molecular weight excluding hydrogens is 260 g/mol.